The van der Waals surface area contributed by atoms with Crippen LogP contribution >= 0.6 is 15.9 Å². The van der Waals surface area contributed by atoms with Crippen molar-refractivity contribution in [1.29, 1.82) is 5.26 Å². The normalized spacial score (nSPS) is 10.4. The molecule has 0 spiro atoms. The highest BCUT2D eigenvalue weighted by Crippen LogP contribution is 2.23. The maximum Gasteiger partial charge on any atom is 0.128 e. The van der Waals surface area contributed by atoms with E-state index >= 15 is 0 Å². The van der Waals surface area contributed by atoms with Gasteiger partial charge in [0, 0.05) is 15.6 Å². The van der Waals surface area contributed by atoms with E-state index in [-0.39, 0.29) is 6.61 Å². The second-order valence-corrected chi connectivity index (χ2v) is 4.90. The molecule has 2 aromatic rings. The third kappa shape index (κ3) is 3.37. The fourth-order valence-corrected chi connectivity index (χ4v) is 2.10. The number of rotatable bonds is 4. The first-order chi connectivity index (χ1) is 9.74. The lowest BCUT2D eigenvalue weighted by molar-refractivity contribution is 0.304. The van der Waals surface area contributed by atoms with Gasteiger partial charge in [-0.3, -0.25) is 0 Å². The maximum absolute atomic E-state index is 9.02. The van der Waals surface area contributed by atoms with Crippen LogP contribution in [0.2, 0.25) is 0 Å². The van der Waals surface area contributed by atoms with Crippen molar-refractivity contribution in [3.05, 3.63) is 63.6 Å². The third-order valence-corrected chi connectivity index (χ3v) is 3.18. The molecular formula is C15H11BrN2O2. The van der Waals surface area contributed by atoms with Crippen LogP contribution in [0.4, 0.5) is 0 Å². The third-order valence-electron chi connectivity index (χ3n) is 2.69. The molecule has 5 heteroatoms. The number of nitriles is 1. The van der Waals surface area contributed by atoms with Gasteiger partial charge in [-0.05, 0) is 24.3 Å². The summed E-state index contributed by atoms with van der Waals surface area (Å²) in [6.07, 6.45) is 1.30. The van der Waals surface area contributed by atoms with Crippen LogP contribution in [0.25, 0.3) is 0 Å². The summed E-state index contributed by atoms with van der Waals surface area (Å²) in [7, 11) is 0. The van der Waals surface area contributed by atoms with Crippen molar-refractivity contribution in [2.75, 3.05) is 0 Å². The summed E-state index contributed by atoms with van der Waals surface area (Å²) in [5, 5.41) is 20.7. The molecule has 0 fully saturated rings. The number of ether oxygens (including phenoxy) is 1. The van der Waals surface area contributed by atoms with Gasteiger partial charge in [0.1, 0.15) is 12.4 Å². The minimum atomic E-state index is 0.275. The van der Waals surface area contributed by atoms with Gasteiger partial charge in [0.2, 0.25) is 0 Å². The van der Waals surface area contributed by atoms with E-state index in [1.54, 1.807) is 18.2 Å². The van der Waals surface area contributed by atoms with Crippen LogP contribution in [0.5, 0.6) is 5.75 Å². The van der Waals surface area contributed by atoms with E-state index in [0.29, 0.717) is 16.9 Å². The van der Waals surface area contributed by atoms with Crippen LogP contribution in [-0.4, -0.2) is 11.4 Å². The smallest absolute Gasteiger partial charge is 0.128 e. The minimum absolute atomic E-state index is 0.275. The summed E-state index contributed by atoms with van der Waals surface area (Å²) in [5.41, 5.74) is 2.04. The lowest BCUT2D eigenvalue weighted by Crippen LogP contribution is -2.00. The molecule has 2 rings (SSSR count). The van der Waals surface area contributed by atoms with E-state index in [9.17, 15) is 0 Å². The lowest BCUT2D eigenvalue weighted by atomic mass is 10.1. The largest absolute Gasteiger partial charge is 0.488 e. The van der Waals surface area contributed by atoms with E-state index in [4.69, 9.17) is 15.2 Å². The Hall–Kier alpha value is -2.32. The molecule has 0 unspecified atom stereocenters. The molecule has 20 heavy (non-hydrogen) atoms. The molecule has 2 aromatic carbocycles. The molecule has 4 nitrogen and oxygen atoms in total. The van der Waals surface area contributed by atoms with Gasteiger partial charge in [-0.25, -0.2) is 0 Å². The van der Waals surface area contributed by atoms with Crippen LogP contribution in [0.15, 0.2) is 52.1 Å². The summed E-state index contributed by atoms with van der Waals surface area (Å²) >= 11 is 3.34. The monoisotopic (exact) mass is 330 g/mol. The number of halogens is 1. The maximum atomic E-state index is 9.02. The summed E-state index contributed by atoms with van der Waals surface area (Å²) in [6, 6.07) is 14.8. The molecule has 0 amide bonds. The number of benzene rings is 2. The Morgan fingerprint density at radius 1 is 1.30 bits per heavy atom. The van der Waals surface area contributed by atoms with Crippen LogP contribution in [0, 0.1) is 11.3 Å². The zero-order chi connectivity index (χ0) is 14.4. The van der Waals surface area contributed by atoms with Gasteiger partial charge >= 0.3 is 0 Å². The summed E-state index contributed by atoms with van der Waals surface area (Å²) < 4.78 is 6.56. The molecule has 0 saturated carbocycles. The predicted octanol–water partition coefficient (Wildman–Crippen LogP) is 3.71. The van der Waals surface area contributed by atoms with Crippen molar-refractivity contribution >= 4 is 22.1 Å². The summed E-state index contributed by atoms with van der Waals surface area (Å²) in [5.74, 6) is 0.582. The molecule has 0 bridgehead atoms. The summed E-state index contributed by atoms with van der Waals surface area (Å²) in [4.78, 5) is 0. The van der Waals surface area contributed by atoms with Crippen molar-refractivity contribution in [2.45, 2.75) is 6.61 Å². The molecule has 0 atom stereocenters. The average molecular weight is 331 g/mol. The standard InChI is InChI=1S/C15H11BrN2O2/c16-14-5-6-15(13(7-14)9-18-19)20-10-12-4-2-1-3-11(12)8-17/h1-7,9,19H,10H2/b18-9-. The number of oxime groups is 1. The highest BCUT2D eigenvalue weighted by molar-refractivity contribution is 9.10. The van der Waals surface area contributed by atoms with Gasteiger partial charge in [0.15, 0.2) is 0 Å². The van der Waals surface area contributed by atoms with Crippen molar-refractivity contribution in [3.8, 4) is 11.8 Å². The Bertz CT molecular complexity index is 678. The molecule has 100 valence electrons. The Balaban J connectivity index is 2.21. The highest BCUT2D eigenvalue weighted by Gasteiger charge is 2.06. The van der Waals surface area contributed by atoms with Gasteiger partial charge in [-0.2, -0.15) is 5.26 Å². The molecule has 0 aromatic heterocycles. The average Bonchev–Trinajstić information content (AvgIpc) is 2.47. The zero-order valence-electron chi connectivity index (χ0n) is 10.5. The van der Waals surface area contributed by atoms with Gasteiger partial charge in [0.25, 0.3) is 0 Å². The molecule has 0 aliphatic carbocycles. The molecule has 1 N–H and O–H groups in total. The SMILES string of the molecule is N#Cc1ccccc1COc1ccc(Br)cc1/C=N\O. The van der Waals surface area contributed by atoms with Gasteiger partial charge in [0.05, 0.1) is 17.8 Å². The van der Waals surface area contributed by atoms with Gasteiger partial charge in [-0.1, -0.05) is 39.3 Å². The summed E-state index contributed by atoms with van der Waals surface area (Å²) in [6.45, 7) is 0.275. The molecule has 0 aliphatic rings. The van der Waals surface area contributed by atoms with Crippen molar-refractivity contribution in [1.82, 2.24) is 0 Å². The fourth-order valence-electron chi connectivity index (χ4n) is 1.72. The zero-order valence-corrected chi connectivity index (χ0v) is 12.0. The highest BCUT2D eigenvalue weighted by atomic mass is 79.9. The first-order valence-electron chi connectivity index (χ1n) is 5.82. The molecule has 0 radical (unpaired) electrons. The van der Waals surface area contributed by atoms with E-state index in [0.717, 1.165) is 10.0 Å². The number of hydrogen-bond donors (Lipinski definition) is 1. The Morgan fingerprint density at radius 3 is 2.85 bits per heavy atom. The van der Waals surface area contributed by atoms with E-state index in [2.05, 4.69) is 27.2 Å². The Morgan fingerprint density at radius 2 is 2.10 bits per heavy atom. The van der Waals surface area contributed by atoms with Crippen LogP contribution in [0.1, 0.15) is 16.7 Å². The van der Waals surface area contributed by atoms with Crippen molar-refractivity contribution in [3.63, 3.8) is 0 Å². The lowest BCUT2D eigenvalue weighted by Gasteiger charge is -2.10. The van der Waals surface area contributed by atoms with Crippen LogP contribution < -0.4 is 4.74 Å². The molecular weight excluding hydrogens is 320 g/mol. The van der Waals surface area contributed by atoms with E-state index in [1.165, 1.54) is 6.21 Å². The fraction of sp³-hybridized carbons (Fsp3) is 0.0667. The molecule has 0 heterocycles. The first-order valence-corrected chi connectivity index (χ1v) is 6.61. The number of nitrogens with zero attached hydrogens (tertiary/aromatic N) is 2. The van der Waals surface area contributed by atoms with Gasteiger partial charge in [-0.15, -0.1) is 0 Å². The number of hydrogen-bond acceptors (Lipinski definition) is 4. The van der Waals surface area contributed by atoms with Crippen molar-refractivity contribution in [2.24, 2.45) is 5.16 Å². The Labute approximate surface area is 125 Å². The van der Waals surface area contributed by atoms with Gasteiger partial charge < -0.3 is 9.94 Å². The van der Waals surface area contributed by atoms with Crippen LogP contribution in [0.3, 0.4) is 0 Å². The quantitative estimate of drug-likeness (QED) is 0.528. The van der Waals surface area contributed by atoms with Crippen molar-refractivity contribution < 1.29 is 9.94 Å². The predicted molar refractivity (Wildman–Crippen MR) is 79.0 cm³/mol. The topological polar surface area (TPSA) is 65.6 Å². The van der Waals surface area contributed by atoms with Crippen LogP contribution in [-0.2, 0) is 6.61 Å². The molecule has 0 saturated heterocycles. The second-order valence-electron chi connectivity index (χ2n) is 3.98. The Kier molecular flexibility index (Phi) is 4.75. The minimum Gasteiger partial charge on any atom is -0.488 e. The van der Waals surface area contributed by atoms with E-state index in [1.807, 2.05) is 24.3 Å². The first kappa shape index (κ1) is 14.1. The second kappa shape index (κ2) is 6.73. The molecule has 0 aliphatic heterocycles. The van der Waals surface area contributed by atoms with E-state index < -0.39 is 0 Å².